The van der Waals surface area contributed by atoms with Crippen molar-refractivity contribution in [3.05, 3.63) is 169 Å². The van der Waals surface area contributed by atoms with E-state index in [1.54, 1.807) is 0 Å². The maximum absolute atomic E-state index is 6.57. The average Bonchev–Trinajstić information content (AvgIpc) is 3.78. The van der Waals surface area contributed by atoms with E-state index in [0.29, 0.717) is 28.6 Å². The molecule has 3 heterocycles. The SMILES string of the molecule is C1=CC2Sc3cc(-c4ccc5c(c4)oc4cccc(-c6nc(-c7ccccc7)nc(-c7ccc8ccc9ccccc9c8c7)n6)c45)ccc3C2C=C1. The minimum atomic E-state index is 0.453. The first-order valence-corrected chi connectivity index (χ1v) is 18.5. The highest BCUT2D eigenvalue weighted by Crippen LogP contribution is 2.49. The van der Waals surface area contributed by atoms with E-state index in [1.807, 2.05) is 54.2 Å². The Morgan fingerprint density at radius 3 is 2.13 bits per heavy atom. The molecule has 5 heteroatoms. The fourth-order valence-corrected chi connectivity index (χ4v) is 9.27. The molecule has 0 saturated heterocycles. The van der Waals surface area contributed by atoms with Crippen LogP contribution in [0, 0.1) is 0 Å². The summed E-state index contributed by atoms with van der Waals surface area (Å²) in [5.41, 5.74) is 8.17. The number of hydrogen-bond acceptors (Lipinski definition) is 5. The van der Waals surface area contributed by atoms with Gasteiger partial charge in [0, 0.05) is 43.5 Å². The molecule has 7 aromatic carbocycles. The van der Waals surface area contributed by atoms with E-state index in [9.17, 15) is 0 Å². The van der Waals surface area contributed by atoms with Gasteiger partial charge in [-0.3, -0.25) is 0 Å². The molecule has 1 aliphatic carbocycles. The summed E-state index contributed by atoms with van der Waals surface area (Å²) in [5.74, 6) is 2.33. The molecule has 2 aromatic heterocycles. The number of fused-ring (bicyclic) bond motifs is 9. The van der Waals surface area contributed by atoms with Crippen LogP contribution >= 0.6 is 11.8 Å². The van der Waals surface area contributed by atoms with Crippen molar-refractivity contribution >= 4 is 55.2 Å². The van der Waals surface area contributed by atoms with Gasteiger partial charge in [-0.05, 0) is 68.6 Å². The molecule has 1 aliphatic heterocycles. The van der Waals surface area contributed by atoms with E-state index >= 15 is 0 Å². The number of benzene rings is 7. The van der Waals surface area contributed by atoms with Gasteiger partial charge in [-0.25, -0.2) is 15.0 Å². The maximum Gasteiger partial charge on any atom is 0.164 e. The zero-order chi connectivity index (χ0) is 34.2. The fraction of sp³-hybridized carbons (Fsp3) is 0.0426. The molecule has 244 valence electrons. The lowest BCUT2D eigenvalue weighted by Crippen LogP contribution is -2.06. The Morgan fingerprint density at radius 2 is 1.21 bits per heavy atom. The molecule has 2 aliphatic rings. The van der Waals surface area contributed by atoms with E-state index in [1.165, 1.54) is 37.6 Å². The largest absolute Gasteiger partial charge is 0.456 e. The van der Waals surface area contributed by atoms with Crippen molar-refractivity contribution < 1.29 is 4.42 Å². The van der Waals surface area contributed by atoms with Crippen molar-refractivity contribution in [1.29, 1.82) is 0 Å². The monoisotopic (exact) mass is 683 g/mol. The quantitative estimate of drug-likeness (QED) is 0.173. The summed E-state index contributed by atoms with van der Waals surface area (Å²) in [6.45, 7) is 0. The summed E-state index contributed by atoms with van der Waals surface area (Å²) in [6, 6.07) is 49.0. The van der Waals surface area contributed by atoms with Crippen LogP contribution in [0.1, 0.15) is 11.5 Å². The van der Waals surface area contributed by atoms with Gasteiger partial charge in [-0.15, -0.1) is 11.8 Å². The Bertz CT molecular complexity index is 2960. The second-order valence-corrected chi connectivity index (χ2v) is 14.7. The van der Waals surface area contributed by atoms with E-state index in [2.05, 4.69) is 121 Å². The normalized spacial score (nSPS) is 16.2. The Balaban J connectivity index is 1.06. The van der Waals surface area contributed by atoms with Gasteiger partial charge >= 0.3 is 0 Å². The van der Waals surface area contributed by atoms with Crippen LogP contribution in [0.5, 0.6) is 0 Å². The van der Waals surface area contributed by atoms with Crippen molar-refractivity contribution in [2.45, 2.75) is 16.1 Å². The lowest BCUT2D eigenvalue weighted by molar-refractivity contribution is 0.669. The number of allylic oxidation sites excluding steroid dienone is 3. The molecule has 4 nitrogen and oxygen atoms in total. The average molecular weight is 684 g/mol. The zero-order valence-corrected chi connectivity index (χ0v) is 28.7. The van der Waals surface area contributed by atoms with Crippen LogP contribution in [0.15, 0.2) is 173 Å². The number of hydrogen-bond donors (Lipinski definition) is 0. The van der Waals surface area contributed by atoms with E-state index in [0.717, 1.165) is 44.2 Å². The van der Waals surface area contributed by atoms with Gasteiger partial charge < -0.3 is 4.42 Å². The lowest BCUT2D eigenvalue weighted by atomic mass is 9.91. The number of thioether (sulfide) groups is 1. The highest BCUT2D eigenvalue weighted by molar-refractivity contribution is 8.00. The third-order valence-electron chi connectivity index (χ3n) is 10.5. The van der Waals surface area contributed by atoms with Crippen molar-refractivity contribution in [3.63, 3.8) is 0 Å². The second-order valence-electron chi connectivity index (χ2n) is 13.5. The van der Waals surface area contributed by atoms with Crippen molar-refractivity contribution in [3.8, 4) is 45.3 Å². The van der Waals surface area contributed by atoms with Crippen LogP contribution in [0.4, 0.5) is 0 Å². The van der Waals surface area contributed by atoms with Gasteiger partial charge in [0.2, 0.25) is 0 Å². The molecule has 0 radical (unpaired) electrons. The summed E-state index contributed by atoms with van der Waals surface area (Å²) in [6.07, 6.45) is 8.97. The molecule has 0 saturated carbocycles. The van der Waals surface area contributed by atoms with Crippen molar-refractivity contribution in [2.24, 2.45) is 0 Å². The van der Waals surface area contributed by atoms with Gasteiger partial charge in [-0.2, -0.15) is 0 Å². The van der Waals surface area contributed by atoms with Crippen LogP contribution < -0.4 is 0 Å². The van der Waals surface area contributed by atoms with Crippen LogP contribution in [0.3, 0.4) is 0 Å². The molecular formula is C47H29N3OS. The predicted molar refractivity (Wildman–Crippen MR) is 215 cm³/mol. The summed E-state index contributed by atoms with van der Waals surface area (Å²) in [5, 5.41) is 7.28. The molecule has 9 aromatic rings. The molecule has 0 bridgehead atoms. The van der Waals surface area contributed by atoms with Gasteiger partial charge in [0.05, 0.1) is 0 Å². The number of nitrogens with zero attached hydrogens (tertiary/aromatic N) is 3. The fourth-order valence-electron chi connectivity index (χ4n) is 7.89. The molecule has 52 heavy (non-hydrogen) atoms. The van der Waals surface area contributed by atoms with Gasteiger partial charge in [-0.1, -0.05) is 133 Å². The minimum absolute atomic E-state index is 0.453. The third kappa shape index (κ3) is 4.74. The van der Waals surface area contributed by atoms with E-state index in [-0.39, 0.29) is 0 Å². The molecule has 0 fully saturated rings. The summed E-state index contributed by atoms with van der Waals surface area (Å²) in [4.78, 5) is 16.7. The summed E-state index contributed by atoms with van der Waals surface area (Å²) < 4.78 is 6.57. The molecule has 0 amide bonds. The maximum atomic E-state index is 6.57. The van der Waals surface area contributed by atoms with Crippen molar-refractivity contribution in [1.82, 2.24) is 15.0 Å². The Morgan fingerprint density at radius 1 is 0.481 bits per heavy atom. The number of rotatable bonds is 4. The highest BCUT2D eigenvalue weighted by Gasteiger charge is 2.31. The molecule has 0 N–H and O–H groups in total. The minimum Gasteiger partial charge on any atom is -0.456 e. The van der Waals surface area contributed by atoms with Gasteiger partial charge in [0.25, 0.3) is 0 Å². The highest BCUT2D eigenvalue weighted by atomic mass is 32.2. The lowest BCUT2D eigenvalue weighted by Gasteiger charge is -2.14. The molecule has 2 unspecified atom stereocenters. The first kappa shape index (κ1) is 29.4. The van der Waals surface area contributed by atoms with Gasteiger partial charge in [0.15, 0.2) is 17.5 Å². The van der Waals surface area contributed by atoms with Crippen molar-refractivity contribution in [2.75, 3.05) is 0 Å². The summed E-state index contributed by atoms with van der Waals surface area (Å²) >= 11 is 1.96. The van der Waals surface area contributed by atoms with Crippen LogP contribution in [0.2, 0.25) is 0 Å². The van der Waals surface area contributed by atoms with Gasteiger partial charge in [0.1, 0.15) is 11.2 Å². The van der Waals surface area contributed by atoms with E-state index in [4.69, 9.17) is 19.4 Å². The number of aromatic nitrogens is 3. The molecule has 11 rings (SSSR count). The second kappa shape index (κ2) is 11.6. The third-order valence-corrected chi connectivity index (χ3v) is 11.8. The van der Waals surface area contributed by atoms with Crippen LogP contribution in [0.25, 0.3) is 88.8 Å². The molecule has 0 spiro atoms. The van der Waals surface area contributed by atoms with Crippen LogP contribution in [-0.4, -0.2) is 20.2 Å². The standard InChI is InChI=1S/C47H29N3OS/c1-2-10-30(11-3-1)45-48-46(33-20-19-29-18-17-28-9-4-5-12-34(28)39(29)25-33)50-47(49-45)38-14-8-15-40-44(38)37-24-22-31(26-41(37)51-40)32-21-23-36-35-13-6-7-16-42(35)52-43(36)27-32/h1-27,35,42H. The summed E-state index contributed by atoms with van der Waals surface area (Å²) in [7, 11) is 0. The smallest absolute Gasteiger partial charge is 0.164 e. The Kier molecular flexibility index (Phi) is 6.58. The molecular weight excluding hydrogens is 655 g/mol. The first-order chi connectivity index (χ1) is 25.7. The van der Waals surface area contributed by atoms with E-state index < -0.39 is 0 Å². The number of furan rings is 1. The predicted octanol–water partition coefficient (Wildman–Crippen LogP) is 12.4. The molecule has 2 atom stereocenters. The zero-order valence-electron chi connectivity index (χ0n) is 27.9. The topological polar surface area (TPSA) is 51.8 Å². The van der Waals surface area contributed by atoms with Crippen LogP contribution in [-0.2, 0) is 0 Å². The Labute approximate surface area is 304 Å². The Hall–Kier alpha value is -6.30. The first-order valence-electron chi connectivity index (χ1n) is 17.6.